The summed E-state index contributed by atoms with van der Waals surface area (Å²) in [6, 6.07) is 4.04. The first-order valence-electron chi connectivity index (χ1n) is 6.95. The molecule has 0 saturated heterocycles. The topological polar surface area (TPSA) is 42.0 Å². The summed E-state index contributed by atoms with van der Waals surface area (Å²) >= 11 is 3.13. The van der Waals surface area contributed by atoms with Crippen molar-refractivity contribution >= 4 is 28.6 Å². The number of carbonyl (C=O) groups excluding carboxylic acids is 1. The molecule has 0 aliphatic heterocycles. The molecule has 0 fully saturated rings. The van der Waals surface area contributed by atoms with Crippen molar-refractivity contribution in [2.75, 3.05) is 6.54 Å². The lowest BCUT2D eigenvalue weighted by molar-refractivity contribution is 0.0949. The number of hydrogen-bond donors (Lipinski definition) is 1. The van der Waals surface area contributed by atoms with Crippen LogP contribution in [0.4, 0.5) is 0 Å². The number of amides is 1. The maximum atomic E-state index is 12.2. The van der Waals surface area contributed by atoms with Crippen molar-refractivity contribution in [2.45, 2.75) is 33.6 Å². The van der Waals surface area contributed by atoms with Gasteiger partial charge >= 0.3 is 0 Å². The van der Waals surface area contributed by atoms with Crippen molar-refractivity contribution in [3.8, 4) is 9.88 Å². The molecule has 0 radical (unpaired) electrons. The molecule has 0 aromatic carbocycles. The third-order valence-corrected chi connectivity index (χ3v) is 5.64. The average Bonchev–Trinajstić information content (AvgIpc) is 3.08. The molecule has 0 saturated carbocycles. The minimum atomic E-state index is 0.00899. The largest absolute Gasteiger partial charge is 0.351 e. The van der Waals surface area contributed by atoms with Gasteiger partial charge in [0.1, 0.15) is 9.88 Å². The van der Waals surface area contributed by atoms with Gasteiger partial charge in [-0.05, 0) is 24.3 Å². The van der Waals surface area contributed by atoms with Crippen molar-refractivity contribution in [2.24, 2.45) is 5.92 Å². The highest BCUT2D eigenvalue weighted by Crippen LogP contribution is 2.30. The van der Waals surface area contributed by atoms with Crippen molar-refractivity contribution in [1.29, 1.82) is 0 Å². The molecule has 0 spiro atoms. The highest BCUT2D eigenvalue weighted by Gasteiger charge is 2.17. The molecular weight excluding hydrogens is 288 g/mol. The molecule has 2 heterocycles. The first-order valence-corrected chi connectivity index (χ1v) is 8.64. The standard InChI is InChI=1S/C15H20N2OS2/c1-4-11(5-2)9-16-14(18)13-10(3)17-15(20-13)12-7-6-8-19-12/h6-8,11H,4-5,9H2,1-3H3,(H,16,18). The second-order valence-electron chi connectivity index (χ2n) is 4.80. The van der Waals surface area contributed by atoms with Crippen molar-refractivity contribution in [1.82, 2.24) is 10.3 Å². The molecule has 20 heavy (non-hydrogen) atoms. The molecule has 0 unspecified atom stereocenters. The highest BCUT2D eigenvalue weighted by molar-refractivity contribution is 7.22. The molecule has 108 valence electrons. The lowest BCUT2D eigenvalue weighted by Crippen LogP contribution is -2.28. The first kappa shape index (κ1) is 15.2. The Bertz CT molecular complexity index is 556. The normalized spacial score (nSPS) is 11.0. The highest BCUT2D eigenvalue weighted by atomic mass is 32.1. The second-order valence-corrected chi connectivity index (χ2v) is 6.75. The zero-order chi connectivity index (χ0) is 14.5. The molecule has 2 aromatic heterocycles. The summed E-state index contributed by atoms with van der Waals surface area (Å²) in [6.45, 7) is 6.97. The molecule has 0 atom stereocenters. The Hall–Kier alpha value is -1.20. The van der Waals surface area contributed by atoms with E-state index in [2.05, 4.69) is 24.1 Å². The van der Waals surface area contributed by atoms with Crippen LogP contribution in [0.2, 0.25) is 0 Å². The summed E-state index contributed by atoms with van der Waals surface area (Å²) in [5.74, 6) is 0.568. The lowest BCUT2D eigenvalue weighted by atomic mass is 10.0. The van der Waals surface area contributed by atoms with Crippen LogP contribution in [0, 0.1) is 12.8 Å². The van der Waals surface area contributed by atoms with E-state index in [4.69, 9.17) is 0 Å². The SMILES string of the molecule is CCC(CC)CNC(=O)c1sc(-c2cccs2)nc1C. The van der Waals surface area contributed by atoms with Gasteiger partial charge in [0.05, 0.1) is 10.6 Å². The van der Waals surface area contributed by atoms with Crippen LogP contribution >= 0.6 is 22.7 Å². The van der Waals surface area contributed by atoms with E-state index in [1.54, 1.807) is 11.3 Å². The molecule has 0 aliphatic carbocycles. The zero-order valence-corrected chi connectivity index (χ0v) is 13.7. The summed E-state index contributed by atoms with van der Waals surface area (Å²) in [5.41, 5.74) is 0.820. The lowest BCUT2D eigenvalue weighted by Gasteiger charge is -2.12. The predicted molar refractivity (Wildman–Crippen MR) is 86.6 cm³/mol. The Morgan fingerprint density at radius 3 is 2.75 bits per heavy atom. The third-order valence-electron chi connectivity index (χ3n) is 3.44. The maximum Gasteiger partial charge on any atom is 0.263 e. The number of carbonyl (C=O) groups is 1. The van der Waals surface area contributed by atoms with Gasteiger partial charge < -0.3 is 5.32 Å². The van der Waals surface area contributed by atoms with Gasteiger partial charge in [-0.1, -0.05) is 32.8 Å². The van der Waals surface area contributed by atoms with Crippen molar-refractivity contribution in [3.63, 3.8) is 0 Å². The molecule has 5 heteroatoms. The number of rotatable bonds is 6. The van der Waals surface area contributed by atoms with Gasteiger partial charge in [-0.2, -0.15) is 0 Å². The van der Waals surface area contributed by atoms with E-state index in [1.165, 1.54) is 11.3 Å². The molecule has 2 rings (SSSR count). The van der Waals surface area contributed by atoms with E-state index < -0.39 is 0 Å². The minimum Gasteiger partial charge on any atom is -0.351 e. The fraction of sp³-hybridized carbons (Fsp3) is 0.467. The van der Waals surface area contributed by atoms with Crippen LogP contribution in [-0.4, -0.2) is 17.4 Å². The van der Waals surface area contributed by atoms with Crippen LogP contribution in [0.1, 0.15) is 42.1 Å². The van der Waals surface area contributed by atoms with Crippen LogP contribution in [-0.2, 0) is 0 Å². The molecule has 0 aliphatic rings. The number of aromatic nitrogens is 1. The van der Waals surface area contributed by atoms with Gasteiger partial charge in [0.25, 0.3) is 5.91 Å². The monoisotopic (exact) mass is 308 g/mol. The Kier molecular flexibility index (Phi) is 5.31. The van der Waals surface area contributed by atoms with Gasteiger partial charge in [-0.3, -0.25) is 4.79 Å². The van der Waals surface area contributed by atoms with E-state index in [9.17, 15) is 4.79 Å². The summed E-state index contributed by atoms with van der Waals surface area (Å²) in [7, 11) is 0. The van der Waals surface area contributed by atoms with E-state index in [-0.39, 0.29) is 5.91 Å². The number of nitrogens with one attached hydrogen (secondary N) is 1. The second kappa shape index (κ2) is 6.99. The fourth-order valence-electron chi connectivity index (χ4n) is 2.01. The molecule has 3 nitrogen and oxygen atoms in total. The maximum absolute atomic E-state index is 12.2. The Morgan fingerprint density at radius 2 is 2.15 bits per heavy atom. The smallest absolute Gasteiger partial charge is 0.263 e. The van der Waals surface area contributed by atoms with Crippen LogP contribution in [0.5, 0.6) is 0 Å². The van der Waals surface area contributed by atoms with Gasteiger partial charge in [-0.25, -0.2) is 4.98 Å². The number of hydrogen-bond acceptors (Lipinski definition) is 4. The van der Waals surface area contributed by atoms with E-state index in [0.29, 0.717) is 5.92 Å². The van der Waals surface area contributed by atoms with Gasteiger partial charge in [-0.15, -0.1) is 22.7 Å². The summed E-state index contributed by atoms with van der Waals surface area (Å²) in [4.78, 5) is 18.6. The number of nitrogens with zero attached hydrogens (tertiary/aromatic N) is 1. The quantitative estimate of drug-likeness (QED) is 0.862. The predicted octanol–water partition coefficient (Wildman–Crippen LogP) is 4.35. The van der Waals surface area contributed by atoms with Gasteiger partial charge in [0.15, 0.2) is 0 Å². The number of thiazole rings is 1. The van der Waals surface area contributed by atoms with Crippen molar-refractivity contribution in [3.05, 3.63) is 28.1 Å². The van der Waals surface area contributed by atoms with E-state index >= 15 is 0 Å². The molecule has 1 N–H and O–H groups in total. The van der Waals surface area contributed by atoms with Crippen LogP contribution in [0.3, 0.4) is 0 Å². The van der Waals surface area contributed by atoms with Gasteiger partial charge in [0.2, 0.25) is 0 Å². The first-order chi connectivity index (χ1) is 9.65. The molecular formula is C15H20N2OS2. The van der Waals surface area contributed by atoms with Gasteiger partial charge in [0, 0.05) is 6.54 Å². The number of thiophene rings is 1. The third kappa shape index (κ3) is 3.46. The molecule has 1 amide bonds. The Labute approximate surface area is 128 Å². The summed E-state index contributed by atoms with van der Waals surface area (Å²) in [6.07, 6.45) is 2.19. The van der Waals surface area contributed by atoms with E-state index in [1.807, 2.05) is 24.4 Å². The summed E-state index contributed by atoms with van der Waals surface area (Å²) in [5, 5.41) is 6.00. The Morgan fingerprint density at radius 1 is 1.40 bits per heavy atom. The number of aryl methyl sites for hydroxylation is 1. The van der Waals surface area contributed by atoms with Crippen molar-refractivity contribution < 1.29 is 4.79 Å². The zero-order valence-electron chi connectivity index (χ0n) is 12.1. The fourth-order valence-corrected chi connectivity index (χ4v) is 3.79. The average molecular weight is 308 g/mol. The minimum absolute atomic E-state index is 0.00899. The molecule has 0 bridgehead atoms. The summed E-state index contributed by atoms with van der Waals surface area (Å²) < 4.78 is 0. The van der Waals surface area contributed by atoms with Crippen LogP contribution < -0.4 is 5.32 Å². The molecule has 2 aromatic rings. The Balaban J connectivity index is 2.07. The van der Waals surface area contributed by atoms with E-state index in [0.717, 1.165) is 39.8 Å². The van der Waals surface area contributed by atoms with Crippen LogP contribution in [0.25, 0.3) is 9.88 Å². The van der Waals surface area contributed by atoms with Crippen LogP contribution in [0.15, 0.2) is 17.5 Å².